The van der Waals surface area contributed by atoms with Gasteiger partial charge in [0.15, 0.2) is 5.58 Å². The van der Waals surface area contributed by atoms with Crippen LogP contribution in [-0.4, -0.2) is 5.91 Å². The van der Waals surface area contributed by atoms with Crippen LogP contribution in [-0.2, 0) is 0 Å². The zero-order chi connectivity index (χ0) is 13.6. The largest absolute Gasteiger partial charge is 0.422 e. The van der Waals surface area contributed by atoms with Gasteiger partial charge in [0.1, 0.15) is 16.5 Å². The van der Waals surface area contributed by atoms with Crippen molar-refractivity contribution in [3.05, 3.63) is 56.7 Å². The molecule has 0 bridgehead atoms. The van der Waals surface area contributed by atoms with Gasteiger partial charge in [0.05, 0.1) is 5.39 Å². The van der Waals surface area contributed by atoms with Crippen molar-refractivity contribution in [2.75, 3.05) is 0 Å². The molecule has 0 unspecified atom stereocenters. The number of benzene rings is 1. The lowest BCUT2D eigenvalue weighted by atomic mass is 10.1. The van der Waals surface area contributed by atoms with Gasteiger partial charge in [-0.3, -0.25) is 4.79 Å². The van der Waals surface area contributed by atoms with Gasteiger partial charge in [-0.1, -0.05) is 12.1 Å². The minimum Gasteiger partial charge on any atom is -0.422 e. The molecular weight excluding hydrogens is 250 g/mol. The van der Waals surface area contributed by atoms with E-state index in [1.807, 2.05) is 0 Å². The van der Waals surface area contributed by atoms with E-state index in [0.29, 0.717) is 11.0 Å². The molecule has 94 valence electrons. The number of fused-ring (bicyclic) bond motifs is 3. The molecule has 19 heavy (non-hydrogen) atoms. The standard InChI is InChI=1S/C13H7NO5/c14-11(15)8-5-7-10(19-13(8)17)6-3-1-2-4-9(6)18-12(7)16/h1-5H,(H2,14,15). The lowest BCUT2D eigenvalue weighted by molar-refractivity contribution is 0.0997. The number of amides is 1. The van der Waals surface area contributed by atoms with Crippen LogP contribution in [0, 0.1) is 0 Å². The molecule has 3 rings (SSSR count). The molecule has 2 N–H and O–H groups in total. The van der Waals surface area contributed by atoms with Crippen molar-refractivity contribution in [1.29, 1.82) is 0 Å². The Labute approximate surface area is 105 Å². The molecule has 2 aromatic heterocycles. The summed E-state index contributed by atoms with van der Waals surface area (Å²) >= 11 is 0. The first-order valence-corrected chi connectivity index (χ1v) is 5.37. The summed E-state index contributed by atoms with van der Waals surface area (Å²) in [7, 11) is 0. The van der Waals surface area contributed by atoms with Gasteiger partial charge in [0, 0.05) is 0 Å². The minimum absolute atomic E-state index is 0.00657. The van der Waals surface area contributed by atoms with Gasteiger partial charge in [-0.25, -0.2) is 9.59 Å². The number of para-hydroxylation sites is 1. The second-order valence-electron chi connectivity index (χ2n) is 3.94. The summed E-state index contributed by atoms with van der Waals surface area (Å²) in [5, 5.41) is 0.484. The van der Waals surface area contributed by atoms with Crippen LogP contribution in [0.2, 0.25) is 0 Å². The third-order valence-electron chi connectivity index (χ3n) is 2.77. The van der Waals surface area contributed by atoms with E-state index >= 15 is 0 Å². The molecule has 1 aromatic carbocycles. The third-order valence-corrected chi connectivity index (χ3v) is 2.77. The Balaban J connectivity index is 2.60. The van der Waals surface area contributed by atoms with Crippen molar-refractivity contribution >= 4 is 27.8 Å². The lowest BCUT2D eigenvalue weighted by Crippen LogP contribution is -2.21. The SMILES string of the molecule is NC(=O)c1cc2c(=O)oc3ccccc3c2oc1=O. The quantitative estimate of drug-likeness (QED) is 0.517. The van der Waals surface area contributed by atoms with E-state index in [1.165, 1.54) is 0 Å². The van der Waals surface area contributed by atoms with E-state index in [-0.39, 0.29) is 16.5 Å². The zero-order valence-electron chi connectivity index (χ0n) is 9.51. The molecule has 0 aliphatic carbocycles. The number of hydrogen-bond donors (Lipinski definition) is 1. The maximum Gasteiger partial charge on any atom is 0.349 e. The summed E-state index contributed by atoms with van der Waals surface area (Å²) in [4.78, 5) is 34.5. The van der Waals surface area contributed by atoms with Crippen LogP contribution in [0.3, 0.4) is 0 Å². The topological polar surface area (TPSA) is 104 Å². The van der Waals surface area contributed by atoms with Gasteiger partial charge in [-0.2, -0.15) is 0 Å². The first kappa shape index (κ1) is 11.2. The average molecular weight is 257 g/mol. The number of nitrogens with two attached hydrogens (primary N) is 1. The van der Waals surface area contributed by atoms with Crippen molar-refractivity contribution in [1.82, 2.24) is 0 Å². The van der Waals surface area contributed by atoms with Crippen molar-refractivity contribution < 1.29 is 13.6 Å². The molecule has 0 saturated carbocycles. The second kappa shape index (κ2) is 3.81. The second-order valence-corrected chi connectivity index (χ2v) is 3.94. The van der Waals surface area contributed by atoms with Crippen molar-refractivity contribution in [3.8, 4) is 0 Å². The number of hydrogen-bond acceptors (Lipinski definition) is 5. The lowest BCUT2D eigenvalue weighted by Gasteiger charge is -2.01. The predicted octanol–water partition coefficient (Wildman–Crippen LogP) is 0.998. The fourth-order valence-electron chi connectivity index (χ4n) is 1.89. The van der Waals surface area contributed by atoms with Gasteiger partial charge in [0.25, 0.3) is 5.91 Å². The van der Waals surface area contributed by atoms with Gasteiger partial charge < -0.3 is 14.6 Å². The number of carbonyl (C=O) groups excluding carboxylic acids is 1. The summed E-state index contributed by atoms with van der Waals surface area (Å²) in [6.07, 6.45) is 0. The van der Waals surface area contributed by atoms with E-state index in [0.717, 1.165) is 6.07 Å². The molecule has 0 aliphatic heterocycles. The highest BCUT2D eigenvalue weighted by Gasteiger charge is 2.15. The number of primary amides is 1. The highest BCUT2D eigenvalue weighted by Crippen LogP contribution is 2.21. The van der Waals surface area contributed by atoms with E-state index in [2.05, 4.69) is 0 Å². The molecule has 0 radical (unpaired) electrons. The molecular formula is C13H7NO5. The Morgan fingerprint density at radius 1 is 1.00 bits per heavy atom. The molecule has 0 saturated heterocycles. The molecule has 6 heteroatoms. The fraction of sp³-hybridized carbons (Fsp3) is 0. The van der Waals surface area contributed by atoms with E-state index in [9.17, 15) is 14.4 Å². The summed E-state index contributed by atoms with van der Waals surface area (Å²) in [5.74, 6) is -0.955. The molecule has 0 fully saturated rings. The van der Waals surface area contributed by atoms with Crippen LogP contribution in [0.15, 0.2) is 48.8 Å². The molecule has 0 aliphatic rings. The van der Waals surface area contributed by atoms with Gasteiger partial charge in [-0.05, 0) is 18.2 Å². The van der Waals surface area contributed by atoms with Crippen LogP contribution >= 0.6 is 0 Å². The minimum atomic E-state index is -0.955. The summed E-state index contributed by atoms with van der Waals surface area (Å²) in [5.41, 5.74) is 3.47. The molecule has 1 amide bonds. The van der Waals surface area contributed by atoms with Crippen LogP contribution in [0.25, 0.3) is 21.9 Å². The third kappa shape index (κ3) is 1.61. The maximum atomic E-state index is 11.8. The summed E-state index contributed by atoms with van der Waals surface area (Å²) < 4.78 is 10.1. The van der Waals surface area contributed by atoms with Gasteiger partial charge in [0.2, 0.25) is 0 Å². The van der Waals surface area contributed by atoms with Crippen LogP contribution in [0.4, 0.5) is 0 Å². The Morgan fingerprint density at radius 2 is 1.74 bits per heavy atom. The molecule has 6 nitrogen and oxygen atoms in total. The van der Waals surface area contributed by atoms with Gasteiger partial charge in [-0.15, -0.1) is 0 Å². The normalized spacial score (nSPS) is 10.9. The van der Waals surface area contributed by atoms with Gasteiger partial charge >= 0.3 is 11.3 Å². The van der Waals surface area contributed by atoms with Crippen LogP contribution in [0.1, 0.15) is 10.4 Å². The number of rotatable bonds is 1. The average Bonchev–Trinajstić information content (AvgIpc) is 2.38. The molecule has 2 heterocycles. The molecule has 0 atom stereocenters. The van der Waals surface area contributed by atoms with E-state index in [1.54, 1.807) is 24.3 Å². The molecule has 0 spiro atoms. The van der Waals surface area contributed by atoms with E-state index < -0.39 is 17.2 Å². The van der Waals surface area contributed by atoms with Crippen LogP contribution < -0.4 is 17.0 Å². The van der Waals surface area contributed by atoms with Crippen molar-refractivity contribution in [3.63, 3.8) is 0 Å². The number of carbonyl (C=O) groups is 1. The fourth-order valence-corrected chi connectivity index (χ4v) is 1.89. The Kier molecular flexibility index (Phi) is 2.25. The van der Waals surface area contributed by atoms with E-state index in [4.69, 9.17) is 14.6 Å². The monoisotopic (exact) mass is 257 g/mol. The first-order valence-electron chi connectivity index (χ1n) is 5.37. The summed E-state index contributed by atoms with van der Waals surface area (Å²) in [6.45, 7) is 0. The smallest absolute Gasteiger partial charge is 0.349 e. The highest BCUT2D eigenvalue weighted by molar-refractivity contribution is 6.02. The van der Waals surface area contributed by atoms with Crippen molar-refractivity contribution in [2.24, 2.45) is 5.73 Å². The Hall–Kier alpha value is -2.89. The maximum absolute atomic E-state index is 11.8. The Morgan fingerprint density at radius 3 is 2.47 bits per heavy atom. The predicted molar refractivity (Wildman–Crippen MR) is 67.0 cm³/mol. The summed E-state index contributed by atoms with van der Waals surface area (Å²) in [6, 6.07) is 7.73. The first-order chi connectivity index (χ1) is 9.08. The highest BCUT2D eigenvalue weighted by atomic mass is 16.4. The Bertz CT molecular complexity index is 935. The van der Waals surface area contributed by atoms with Crippen LogP contribution in [0.5, 0.6) is 0 Å². The molecule has 3 aromatic rings. The van der Waals surface area contributed by atoms with Crippen molar-refractivity contribution in [2.45, 2.75) is 0 Å². The zero-order valence-corrected chi connectivity index (χ0v) is 9.51.